The fourth-order valence-corrected chi connectivity index (χ4v) is 3.28. The molecule has 0 aliphatic heterocycles. The Morgan fingerprint density at radius 1 is 1.00 bits per heavy atom. The average Bonchev–Trinajstić information content (AvgIpc) is 3.01. The van der Waals surface area contributed by atoms with E-state index in [9.17, 15) is 9.59 Å². The predicted molar refractivity (Wildman–Crippen MR) is 121 cm³/mol. The molecule has 0 aliphatic rings. The van der Waals surface area contributed by atoms with Gasteiger partial charge in [-0.15, -0.1) is 5.10 Å². The summed E-state index contributed by atoms with van der Waals surface area (Å²) in [6, 6.07) is 14.3. The molecule has 31 heavy (non-hydrogen) atoms. The summed E-state index contributed by atoms with van der Waals surface area (Å²) in [5.41, 5.74) is 4.33. The minimum absolute atomic E-state index is 0.231. The van der Waals surface area contributed by atoms with Gasteiger partial charge in [0.1, 0.15) is 6.54 Å². The van der Waals surface area contributed by atoms with Crippen molar-refractivity contribution in [2.24, 2.45) is 0 Å². The van der Waals surface area contributed by atoms with Gasteiger partial charge in [-0.3, -0.25) is 4.79 Å². The molecule has 0 fully saturated rings. The number of aromatic nitrogens is 4. The van der Waals surface area contributed by atoms with E-state index in [0.717, 1.165) is 15.9 Å². The van der Waals surface area contributed by atoms with Gasteiger partial charge >= 0.3 is 5.69 Å². The molecule has 0 saturated heterocycles. The van der Waals surface area contributed by atoms with Crippen molar-refractivity contribution in [1.29, 1.82) is 0 Å². The lowest BCUT2D eigenvalue weighted by atomic mass is 10.1. The fourth-order valence-electron chi connectivity index (χ4n) is 3.16. The lowest BCUT2D eigenvalue weighted by molar-refractivity contribution is -0.117. The van der Waals surface area contributed by atoms with E-state index >= 15 is 0 Å². The number of halogens is 1. The Balaban J connectivity index is 1.64. The molecule has 0 aliphatic carbocycles. The van der Waals surface area contributed by atoms with E-state index in [1.165, 1.54) is 9.96 Å². The SMILES string of the molecule is Cc1cc2nn(CC(=O)Nc3ccc(Cl)cc3)c(=O)n2c(Nc2ccc(C)c(C)c2)n1. The van der Waals surface area contributed by atoms with Crippen LogP contribution in [0, 0.1) is 20.8 Å². The van der Waals surface area contributed by atoms with Gasteiger partial charge in [-0.05, 0) is 68.3 Å². The van der Waals surface area contributed by atoms with Crippen molar-refractivity contribution in [3.05, 3.63) is 80.9 Å². The number of hydrogen-bond acceptors (Lipinski definition) is 5. The summed E-state index contributed by atoms with van der Waals surface area (Å²) in [5, 5.41) is 10.8. The lowest BCUT2D eigenvalue weighted by Gasteiger charge is -2.09. The number of benzene rings is 2. The van der Waals surface area contributed by atoms with Crippen LogP contribution < -0.4 is 16.3 Å². The number of carbonyl (C=O) groups is 1. The highest BCUT2D eigenvalue weighted by atomic mass is 35.5. The van der Waals surface area contributed by atoms with Gasteiger partial charge in [0.25, 0.3) is 0 Å². The Hall–Kier alpha value is -3.65. The second kappa shape index (κ2) is 8.23. The standard InChI is InChI=1S/C22H21ClN6O2/c1-13-4-7-18(10-14(13)2)26-21-24-15(3)11-19-27-28(22(31)29(19)21)12-20(30)25-17-8-5-16(23)6-9-17/h4-11H,12H2,1-3H3,(H,24,26)(H,25,30). The molecular formula is C22H21ClN6O2. The summed E-state index contributed by atoms with van der Waals surface area (Å²) in [5.74, 6) is -0.0335. The number of rotatable bonds is 5. The number of nitrogens with one attached hydrogen (secondary N) is 2. The van der Waals surface area contributed by atoms with Crippen molar-refractivity contribution in [3.63, 3.8) is 0 Å². The fraction of sp³-hybridized carbons (Fsp3) is 0.182. The quantitative estimate of drug-likeness (QED) is 0.495. The van der Waals surface area contributed by atoms with E-state index in [1.54, 1.807) is 30.3 Å². The number of aryl methyl sites for hydroxylation is 3. The third-order valence-corrected chi connectivity index (χ3v) is 5.13. The summed E-state index contributed by atoms with van der Waals surface area (Å²) in [6.45, 7) is 5.64. The summed E-state index contributed by atoms with van der Waals surface area (Å²) in [4.78, 5) is 29.9. The molecule has 0 spiro atoms. The Morgan fingerprint density at radius 2 is 1.71 bits per heavy atom. The number of fused-ring (bicyclic) bond motifs is 1. The summed E-state index contributed by atoms with van der Waals surface area (Å²) in [6.07, 6.45) is 0. The maximum Gasteiger partial charge on any atom is 0.353 e. The third-order valence-electron chi connectivity index (χ3n) is 4.88. The van der Waals surface area contributed by atoms with Crippen LogP contribution in [-0.2, 0) is 11.3 Å². The molecule has 2 heterocycles. The molecule has 0 saturated carbocycles. The zero-order valence-corrected chi connectivity index (χ0v) is 18.1. The van der Waals surface area contributed by atoms with E-state index in [2.05, 4.69) is 20.7 Å². The predicted octanol–water partition coefficient (Wildman–Crippen LogP) is 3.85. The Labute approximate surface area is 183 Å². The van der Waals surface area contributed by atoms with Gasteiger partial charge in [-0.2, -0.15) is 0 Å². The second-order valence-corrected chi connectivity index (χ2v) is 7.77. The van der Waals surface area contributed by atoms with Crippen LogP contribution in [-0.4, -0.2) is 25.1 Å². The number of anilines is 3. The van der Waals surface area contributed by atoms with Crippen LogP contribution in [0.3, 0.4) is 0 Å². The zero-order valence-electron chi connectivity index (χ0n) is 17.3. The number of hydrogen-bond donors (Lipinski definition) is 2. The van der Waals surface area contributed by atoms with Crippen LogP contribution in [0.1, 0.15) is 16.8 Å². The first-order valence-corrected chi connectivity index (χ1v) is 10.0. The van der Waals surface area contributed by atoms with Crippen LogP contribution in [0.2, 0.25) is 5.02 Å². The number of amides is 1. The number of nitrogens with zero attached hydrogens (tertiary/aromatic N) is 4. The minimum atomic E-state index is -0.458. The van der Waals surface area contributed by atoms with Crippen molar-refractivity contribution in [1.82, 2.24) is 19.2 Å². The minimum Gasteiger partial charge on any atom is -0.325 e. The Morgan fingerprint density at radius 3 is 2.42 bits per heavy atom. The van der Waals surface area contributed by atoms with Crippen molar-refractivity contribution in [2.75, 3.05) is 10.6 Å². The Kier molecular flexibility index (Phi) is 5.48. The first-order valence-electron chi connectivity index (χ1n) is 9.67. The maximum atomic E-state index is 13.0. The highest BCUT2D eigenvalue weighted by molar-refractivity contribution is 6.30. The third kappa shape index (κ3) is 4.44. The van der Waals surface area contributed by atoms with Gasteiger partial charge < -0.3 is 10.6 Å². The van der Waals surface area contributed by atoms with Crippen molar-refractivity contribution >= 4 is 40.5 Å². The van der Waals surface area contributed by atoms with Gasteiger partial charge in [-0.25, -0.2) is 18.9 Å². The van der Waals surface area contributed by atoms with Crippen molar-refractivity contribution in [3.8, 4) is 0 Å². The van der Waals surface area contributed by atoms with E-state index in [0.29, 0.717) is 28.0 Å². The molecule has 0 atom stereocenters. The van der Waals surface area contributed by atoms with Crippen molar-refractivity contribution in [2.45, 2.75) is 27.3 Å². The Bertz CT molecular complexity index is 1340. The van der Waals surface area contributed by atoms with Crippen LogP contribution in [0.4, 0.5) is 17.3 Å². The van der Waals surface area contributed by atoms with E-state index in [4.69, 9.17) is 11.6 Å². The molecule has 0 bridgehead atoms. The summed E-state index contributed by atoms with van der Waals surface area (Å²) < 4.78 is 2.48. The monoisotopic (exact) mass is 436 g/mol. The molecule has 4 aromatic rings. The molecule has 158 valence electrons. The van der Waals surface area contributed by atoms with Crippen molar-refractivity contribution < 1.29 is 4.79 Å². The molecule has 0 unspecified atom stereocenters. The second-order valence-electron chi connectivity index (χ2n) is 7.33. The van der Waals surface area contributed by atoms with Gasteiger partial charge in [0.2, 0.25) is 11.9 Å². The molecule has 0 radical (unpaired) electrons. The average molecular weight is 437 g/mol. The molecule has 8 nitrogen and oxygen atoms in total. The van der Waals surface area contributed by atoms with E-state index in [-0.39, 0.29) is 12.5 Å². The van der Waals surface area contributed by atoms with E-state index < -0.39 is 5.69 Å². The molecule has 1 amide bonds. The smallest absolute Gasteiger partial charge is 0.325 e. The van der Waals surface area contributed by atoms with Gasteiger partial charge in [0.05, 0.1) is 0 Å². The maximum absolute atomic E-state index is 13.0. The molecule has 4 rings (SSSR count). The topological polar surface area (TPSA) is 93.3 Å². The van der Waals surface area contributed by atoms with Crippen LogP contribution in [0.5, 0.6) is 0 Å². The molecule has 2 N–H and O–H groups in total. The van der Waals surface area contributed by atoms with Gasteiger partial charge in [0, 0.05) is 28.2 Å². The van der Waals surface area contributed by atoms with Crippen LogP contribution >= 0.6 is 11.6 Å². The van der Waals surface area contributed by atoms with Gasteiger partial charge in [-0.1, -0.05) is 17.7 Å². The lowest BCUT2D eigenvalue weighted by Crippen LogP contribution is -2.29. The highest BCUT2D eigenvalue weighted by Gasteiger charge is 2.15. The summed E-state index contributed by atoms with van der Waals surface area (Å²) >= 11 is 5.86. The molecule has 2 aromatic carbocycles. The first kappa shape index (κ1) is 20.6. The van der Waals surface area contributed by atoms with Crippen LogP contribution in [0.25, 0.3) is 5.65 Å². The first-order chi connectivity index (χ1) is 14.8. The van der Waals surface area contributed by atoms with Gasteiger partial charge in [0.15, 0.2) is 5.65 Å². The molecule has 9 heteroatoms. The summed E-state index contributed by atoms with van der Waals surface area (Å²) in [7, 11) is 0. The van der Waals surface area contributed by atoms with Crippen LogP contribution in [0.15, 0.2) is 53.3 Å². The van der Waals surface area contributed by atoms with E-state index in [1.807, 2.05) is 39.0 Å². The number of carbonyl (C=O) groups excluding carboxylic acids is 1. The molecule has 2 aromatic heterocycles. The highest BCUT2D eigenvalue weighted by Crippen LogP contribution is 2.19. The molecular weight excluding hydrogens is 416 g/mol. The normalized spacial score (nSPS) is 11.0. The largest absolute Gasteiger partial charge is 0.353 e. The zero-order chi connectivity index (χ0) is 22.1.